The molecule has 1 saturated carbocycles. The Kier molecular flexibility index (Phi) is 6.92. The summed E-state index contributed by atoms with van der Waals surface area (Å²) in [5.74, 6) is 1.14. The second-order valence-corrected chi connectivity index (χ2v) is 9.63. The molecule has 2 aromatic heterocycles. The van der Waals surface area contributed by atoms with Crippen molar-refractivity contribution in [1.29, 1.82) is 0 Å². The van der Waals surface area contributed by atoms with Crippen molar-refractivity contribution in [3.63, 3.8) is 0 Å². The molecule has 10 heteroatoms. The van der Waals surface area contributed by atoms with E-state index in [-0.39, 0.29) is 22.9 Å². The van der Waals surface area contributed by atoms with E-state index in [1.54, 1.807) is 4.57 Å². The molecular weight excluding hydrogens is 446 g/mol. The van der Waals surface area contributed by atoms with E-state index in [4.69, 9.17) is 4.74 Å². The minimum Gasteiger partial charge on any atom is -0.494 e. The van der Waals surface area contributed by atoms with Gasteiger partial charge in [0.2, 0.25) is 0 Å². The van der Waals surface area contributed by atoms with Crippen LogP contribution < -0.4 is 16.0 Å². The highest BCUT2D eigenvalue weighted by Crippen LogP contribution is 2.29. The Bertz CT molecular complexity index is 1290. The highest BCUT2D eigenvalue weighted by molar-refractivity contribution is 5.71. The summed E-state index contributed by atoms with van der Waals surface area (Å²) < 4.78 is 8.64. The van der Waals surface area contributed by atoms with Crippen LogP contribution in [0, 0.1) is 0 Å². The molecule has 1 aliphatic heterocycles. The number of hydrogen-bond acceptors (Lipinski definition) is 8. The average Bonchev–Trinajstić information content (AvgIpc) is 3.41. The Labute approximate surface area is 204 Å². The van der Waals surface area contributed by atoms with E-state index in [2.05, 4.69) is 32.0 Å². The molecule has 0 N–H and O–H groups in total. The van der Waals surface area contributed by atoms with Gasteiger partial charge in [0.1, 0.15) is 5.75 Å². The number of aromatic nitrogens is 5. The minimum atomic E-state index is -0.448. The third kappa shape index (κ3) is 4.99. The Balaban J connectivity index is 1.29. The topological polar surface area (TPSA) is 98.4 Å². The number of hydrogen-bond donors (Lipinski definition) is 0. The van der Waals surface area contributed by atoms with Crippen molar-refractivity contribution in [1.82, 2.24) is 34.1 Å². The number of nitrogens with zero attached hydrogens (tertiary/aromatic N) is 7. The molecule has 10 nitrogen and oxygen atoms in total. The number of piperazine rings is 1. The molecule has 3 aromatic rings. The van der Waals surface area contributed by atoms with Crippen LogP contribution in [0.15, 0.2) is 33.9 Å². The van der Waals surface area contributed by atoms with Gasteiger partial charge in [0.25, 0.3) is 5.56 Å². The van der Waals surface area contributed by atoms with Crippen molar-refractivity contribution in [2.45, 2.75) is 38.1 Å². The van der Waals surface area contributed by atoms with Crippen LogP contribution in [0.3, 0.4) is 0 Å². The predicted molar refractivity (Wildman–Crippen MR) is 134 cm³/mol. The number of rotatable bonds is 7. The maximum atomic E-state index is 12.8. The molecule has 5 rings (SSSR count). The fourth-order valence-electron chi connectivity index (χ4n) is 4.99. The molecule has 1 aliphatic carbocycles. The van der Waals surface area contributed by atoms with E-state index < -0.39 is 5.56 Å². The van der Waals surface area contributed by atoms with Crippen LogP contribution in [0.25, 0.3) is 22.6 Å². The van der Waals surface area contributed by atoms with Gasteiger partial charge >= 0.3 is 5.69 Å². The van der Waals surface area contributed by atoms with E-state index in [1.807, 2.05) is 24.3 Å². The minimum absolute atomic E-state index is 0.0337. The molecule has 0 atom stereocenters. The van der Waals surface area contributed by atoms with Gasteiger partial charge in [0, 0.05) is 51.4 Å². The number of benzene rings is 1. The zero-order chi connectivity index (χ0) is 24.4. The van der Waals surface area contributed by atoms with Crippen molar-refractivity contribution in [2.24, 2.45) is 7.05 Å². The van der Waals surface area contributed by atoms with Gasteiger partial charge in [-0.15, -0.1) is 10.2 Å². The number of ether oxygens (including phenoxy) is 1. The summed E-state index contributed by atoms with van der Waals surface area (Å²) in [7, 11) is 3.66. The van der Waals surface area contributed by atoms with Crippen molar-refractivity contribution in [3.05, 3.63) is 45.1 Å². The molecule has 3 heterocycles. The largest absolute Gasteiger partial charge is 0.494 e. The normalized spacial score (nSPS) is 17.9. The van der Waals surface area contributed by atoms with Gasteiger partial charge in [-0.2, -0.15) is 0 Å². The summed E-state index contributed by atoms with van der Waals surface area (Å²) in [5, 5.41) is 8.56. The molecule has 1 aromatic carbocycles. The Hall–Kier alpha value is -3.11. The van der Waals surface area contributed by atoms with Gasteiger partial charge in [0.05, 0.1) is 6.61 Å². The van der Waals surface area contributed by atoms with Crippen LogP contribution in [0.4, 0.5) is 0 Å². The summed E-state index contributed by atoms with van der Waals surface area (Å²) in [5.41, 5.74) is 0.384. The van der Waals surface area contributed by atoms with Crippen molar-refractivity contribution >= 4 is 11.2 Å². The van der Waals surface area contributed by atoms with E-state index in [0.717, 1.165) is 80.7 Å². The molecule has 35 heavy (non-hydrogen) atoms. The first-order valence-electron chi connectivity index (χ1n) is 12.5. The van der Waals surface area contributed by atoms with Crippen LogP contribution in [-0.2, 0) is 7.05 Å². The molecule has 0 bridgehead atoms. The third-order valence-corrected chi connectivity index (χ3v) is 7.18. The molecule has 186 valence electrons. The lowest BCUT2D eigenvalue weighted by Crippen LogP contribution is -2.44. The first-order valence-corrected chi connectivity index (χ1v) is 12.5. The molecule has 2 fully saturated rings. The maximum Gasteiger partial charge on any atom is 0.332 e. The lowest BCUT2D eigenvalue weighted by Gasteiger charge is -2.32. The molecule has 0 spiro atoms. The SMILES string of the molecule is CN1CCN(CCCOc2ccc(-c3nnc4c(n3)c(=O)n(C)c(=O)n4C3CCCC3)cc2)CC1. The van der Waals surface area contributed by atoms with Crippen LogP contribution in [0.5, 0.6) is 5.75 Å². The van der Waals surface area contributed by atoms with Crippen LogP contribution in [0.1, 0.15) is 38.1 Å². The Morgan fingerprint density at radius 3 is 2.40 bits per heavy atom. The lowest BCUT2D eigenvalue weighted by molar-refractivity contribution is 0.145. The van der Waals surface area contributed by atoms with E-state index >= 15 is 0 Å². The molecule has 0 unspecified atom stereocenters. The Morgan fingerprint density at radius 2 is 1.69 bits per heavy atom. The lowest BCUT2D eigenvalue weighted by atomic mass is 10.2. The number of likely N-dealkylation sites (N-methyl/N-ethyl adjacent to an activating group) is 1. The van der Waals surface area contributed by atoms with Gasteiger partial charge in [-0.1, -0.05) is 12.8 Å². The van der Waals surface area contributed by atoms with Gasteiger partial charge in [-0.05, 0) is 50.6 Å². The zero-order valence-electron chi connectivity index (χ0n) is 20.5. The summed E-state index contributed by atoms with van der Waals surface area (Å²) in [6, 6.07) is 7.55. The predicted octanol–water partition coefficient (Wildman–Crippen LogP) is 1.68. The van der Waals surface area contributed by atoms with Crippen molar-refractivity contribution in [3.8, 4) is 17.1 Å². The summed E-state index contributed by atoms with van der Waals surface area (Å²) in [6.45, 7) is 6.19. The molecule has 1 saturated heterocycles. The maximum absolute atomic E-state index is 12.8. The van der Waals surface area contributed by atoms with E-state index in [1.165, 1.54) is 7.05 Å². The third-order valence-electron chi connectivity index (χ3n) is 7.18. The molecule has 0 amide bonds. The first kappa shape index (κ1) is 23.6. The van der Waals surface area contributed by atoms with Crippen LogP contribution in [0.2, 0.25) is 0 Å². The molecule has 2 aliphatic rings. The second-order valence-electron chi connectivity index (χ2n) is 9.63. The summed E-state index contributed by atoms with van der Waals surface area (Å²) in [6.07, 6.45) is 4.89. The smallest absolute Gasteiger partial charge is 0.332 e. The highest BCUT2D eigenvalue weighted by atomic mass is 16.5. The monoisotopic (exact) mass is 479 g/mol. The van der Waals surface area contributed by atoms with Crippen molar-refractivity contribution < 1.29 is 4.74 Å². The van der Waals surface area contributed by atoms with Gasteiger partial charge in [-0.3, -0.25) is 13.9 Å². The van der Waals surface area contributed by atoms with Gasteiger partial charge < -0.3 is 14.5 Å². The quantitative estimate of drug-likeness (QED) is 0.472. The van der Waals surface area contributed by atoms with Gasteiger partial charge in [-0.25, -0.2) is 9.78 Å². The molecule has 0 radical (unpaired) electrons. The number of fused-ring (bicyclic) bond motifs is 1. The fourth-order valence-corrected chi connectivity index (χ4v) is 4.99. The van der Waals surface area contributed by atoms with E-state index in [0.29, 0.717) is 12.4 Å². The summed E-state index contributed by atoms with van der Waals surface area (Å²) >= 11 is 0. The second kappa shape index (κ2) is 10.2. The van der Waals surface area contributed by atoms with Crippen LogP contribution >= 0.6 is 0 Å². The Morgan fingerprint density at radius 1 is 0.971 bits per heavy atom. The van der Waals surface area contributed by atoms with Gasteiger partial charge in [0.15, 0.2) is 17.0 Å². The van der Waals surface area contributed by atoms with Crippen LogP contribution in [-0.4, -0.2) is 80.5 Å². The van der Waals surface area contributed by atoms with E-state index in [9.17, 15) is 9.59 Å². The highest BCUT2D eigenvalue weighted by Gasteiger charge is 2.24. The average molecular weight is 480 g/mol. The standard InChI is InChI=1S/C25H33N7O3/c1-29-13-15-31(16-14-29)12-5-17-35-20-10-8-18(9-11-20)22-26-21-23(28-27-22)32(19-6-3-4-7-19)25(34)30(2)24(21)33/h8-11,19H,3-7,12-17H2,1-2H3. The summed E-state index contributed by atoms with van der Waals surface area (Å²) in [4.78, 5) is 35.0. The fraction of sp³-hybridized carbons (Fsp3) is 0.560. The zero-order valence-corrected chi connectivity index (χ0v) is 20.5. The molecular formula is C25H33N7O3. The van der Waals surface area contributed by atoms with Crippen molar-refractivity contribution in [2.75, 3.05) is 46.4 Å². The first-order chi connectivity index (χ1) is 17.0.